The maximum absolute atomic E-state index is 12.6. The first-order valence-corrected chi connectivity index (χ1v) is 6.80. The molecule has 1 unspecified atom stereocenters. The molecule has 2 amide bonds. The summed E-state index contributed by atoms with van der Waals surface area (Å²) in [5, 5.41) is 0. The van der Waals surface area contributed by atoms with Crippen molar-refractivity contribution in [3.8, 4) is 0 Å². The van der Waals surface area contributed by atoms with Crippen LogP contribution < -0.4 is 10.6 Å². The number of carbonyl (C=O) groups is 3. The number of nitrogens with two attached hydrogens (primary N) is 1. The van der Waals surface area contributed by atoms with E-state index in [1.54, 1.807) is 30.3 Å². The quantitative estimate of drug-likeness (QED) is 0.660. The lowest BCUT2D eigenvalue weighted by Gasteiger charge is -2.24. The van der Waals surface area contributed by atoms with Gasteiger partial charge < -0.3 is 15.4 Å². The SMILES string of the molecule is CN1C(=O)C(OC(=O)c2ccccn2)(C(N)=O)c2ccccc21. The second-order valence-corrected chi connectivity index (χ2v) is 5.03. The Labute approximate surface area is 131 Å². The molecule has 3 rings (SSSR count). The number of hydrogen-bond donors (Lipinski definition) is 1. The van der Waals surface area contributed by atoms with Crippen molar-refractivity contribution in [1.29, 1.82) is 0 Å². The zero-order valence-electron chi connectivity index (χ0n) is 12.2. The van der Waals surface area contributed by atoms with Crippen molar-refractivity contribution in [2.45, 2.75) is 5.60 Å². The van der Waals surface area contributed by atoms with Gasteiger partial charge in [-0.1, -0.05) is 24.3 Å². The first-order valence-electron chi connectivity index (χ1n) is 6.80. The molecule has 2 aromatic rings. The van der Waals surface area contributed by atoms with Crippen LogP contribution in [-0.4, -0.2) is 29.8 Å². The van der Waals surface area contributed by atoms with E-state index in [0.29, 0.717) is 5.69 Å². The largest absolute Gasteiger partial charge is 0.429 e. The molecule has 0 radical (unpaired) electrons. The molecule has 7 heteroatoms. The molecule has 0 fully saturated rings. The normalized spacial score (nSPS) is 19.3. The third-order valence-electron chi connectivity index (χ3n) is 3.72. The third kappa shape index (κ3) is 2.05. The van der Waals surface area contributed by atoms with Gasteiger partial charge in [-0.2, -0.15) is 0 Å². The highest BCUT2D eigenvalue weighted by molar-refractivity contribution is 6.21. The molecule has 2 heterocycles. The molecule has 23 heavy (non-hydrogen) atoms. The molecule has 1 atom stereocenters. The van der Waals surface area contributed by atoms with Gasteiger partial charge in [0.05, 0.1) is 5.69 Å². The number of carbonyl (C=O) groups excluding carboxylic acids is 3. The fourth-order valence-corrected chi connectivity index (χ4v) is 2.59. The Hall–Kier alpha value is -3.22. The minimum absolute atomic E-state index is 0.0204. The number of rotatable bonds is 3. The minimum atomic E-state index is -2.18. The molecule has 7 nitrogen and oxygen atoms in total. The Balaban J connectivity index is 2.10. The van der Waals surface area contributed by atoms with Crippen LogP contribution in [0.25, 0.3) is 0 Å². The van der Waals surface area contributed by atoms with E-state index < -0.39 is 23.4 Å². The number of anilines is 1. The molecule has 116 valence electrons. The van der Waals surface area contributed by atoms with Crippen molar-refractivity contribution in [3.05, 3.63) is 59.9 Å². The van der Waals surface area contributed by atoms with E-state index >= 15 is 0 Å². The van der Waals surface area contributed by atoms with Gasteiger partial charge >= 0.3 is 5.97 Å². The van der Waals surface area contributed by atoms with Crippen LogP contribution in [0.1, 0.15) is 16.1 Å². The predicted molar refractivity (Wildman–Crippen MR) is 80.4 cm³/mol. The Morgan fingerprint density at radius 1 is 1.17 bits per heavy atom. The smallest absolute Gasteiger partial charge is 0.358 e. The number of likely N-dealkylation sites (N-methyl/N-ethyl adjacent to an activating group) is 1. The highest BCUT2D eigenvalue weighted by atomic mass is 16.6. The van der Waals surface area contributed by atoms with E-state index in [0.717, 1.165) is 0 Å². The highest BCUT2D eigenvalue weighted by Crippen LogP contribution is 2.42. The maximum Gasteiger partial charge on any atom is 0.358 e. The number of nitrogens with zero attached hydrogens (tertiary/aromatic N) is 2. The van der Waals surface area contributed by atoms with E-state index in [-0.39, 0.29) is 11.3 Å². The molecule has 1 aromatic carbocycles. The third-order valence-corrected chi connectivity index (χ3v) is 3.72. The van der Waals surface area contributed by atoms with Crippen molar-refractivity contribution in [2.24, 2.45) is 5.73 Å². The fourth-order valence-electron chi connectivity index (χ4n) is 2.59. The summed E-state index contributed by atoms with van der Waals surface area (Å²) in [5.74, 6) is -2.66. The summed E-state index contributed by atoms with van der Waals surface area (Å²) in [6.45, 7) is 0. The summed E-state index contributed by atoms with van der Waals surface area (Å²) >= 11 is 0. The van der Waals surface area contributed by atoms with E-state index in [9.17, 15) is 14.4 Å². The van der Waals surface area contributed by atoms with Gasteiger partial charge in [0.1, 0.15) is 5.69 Å². The standard InChI is InChI=1S/C16H13N3O4/c1-19-12-8-3-2-6-10(12)16(14(17)21,15(19)22)23-13(20)11-7-4-5-9-18-11/h2-9H,1H3,(H2,17,21). The number of fused-ring (bicyclic) bond motifs is 1. The molecule has 0 saturated carbocycles. The van der Waals surface area contributed by atoms with Crippen LogP contribution in [0.3, 0.4) is 0 Å². The molecule has 0 aliphatic carbocycles. The average molecular weight is 311 g/mol. The first-order chi connectivity index (χ1) is 11.0. The number of ether oxygens (including phenoxy) is 1. The van der Waals surface area contributed by atoms with Crippen LogP contribution in [-0.2, 0) is 19.9 Å². The number of aromatic nitrogens is 1. The second kappa shape index (κ2) is 5.20. The Kier molecular flexibility index (Phi) is 3.33. The number of amides is 2. The van der Waals surface area contributed by atoms with E-state index in [4.69, 9.17) is 10.5 Å². The number of benzene rings is 1. The summed E-state index contributed by atoms with van der Waals surface area (Å²) in [6, 6.07) is 11.2. The van der Waals surface area contributed by atoms with Crippen LogP contribution >= 0.6 is 0 Å². The van der Waals surface area contributed by atoms with Gasteiger partial charge in [0, 0.05) is 18.8 Å². The molecule has 2 N–H and O–H groups in total. The maximum atomic E-state index is 12.6. The van der Waals surface area contributed by atoms with E-state index in [1.165, 1.54) is 30.3 Å². The highest BCUT2D eigenvalue weighted by Gasteiger charge is 2.58. The van der Waals surface area contributed by atoms with E-state index in [2.05, 4.69) is 4.98 Å². The van der Waals surface area contributed by atoms with Gasteiger partial charge in [0.2, 0.25) is 0 Å². The van der Waals surface area contributed by atoms with Gasteiger partial charge in [-0.05, 0) is 18.2 Å². The monoisotopic (exact) mass is 311 g/mol. The Morgan fingerprint density at radius 3 is 2.52 bits per heavy atom. The minimum Gasteiger partial charge on any atom is -0.429 e. The zero-order chi connectivity index (χ0) is 16.6. The average Bonchev–Trinajstić information content (AvgIpc) is 2.79. The van der Waals surface area contributed by atoms with Crippen LogP contribution in [0.15, 0.2) is 48.7 Å². The fraction of sp³-hybridized carbons (Fsp3) is 0.125. The second-order valence-electron chi connectivity index (χ2n) is 5.03. The topological polar surface area (TPSA) is 103 Å². The number of pyridine rings is 1. The molecule has 1 aliphatic rings. The van der Waals surface area contributed by atoms with Crippen LogP contribution in [0, 0.1) is 0 Å². The Morgan fingerprint density at radius 2 is 1.87 bits per heavy atom. The van der Waals surface area contributed by atoms with Crippen LogP contribution in [0.5, 0.6) is 0 Å². The lowest BCUT2D eigenvalue weighted by molar-refractivity contribution is -0.150. The molecular weight excluding hydrogens is 298 g/mol. The summed E-state index contributed by atoms with van der Waals surface area (Å²) < 4.78 is 5.29. The Bertz CT molecular complexity index is 806. The summed E-state index contributed by atoms with van der Waals surface area (Å²) in [5.41, 5.74) is 3.94. The van der Waals surface area contributed by atoms with Crippen molar-refractivity contribution >= 4 is 23.5 Å². The van der Waals surface area contributed by atoms with Crippen molar-refractivity contribution in [1.82, 2.24) is 4.98 Å². The lowest BCUT2D eigenvalue weighted by atomic mass is 9.94. The van der Waals surface area contributed by atoms with Crippen LogP contribution in [0.4, 0.5) is 5.69 Å². The van der Waals surface area contributed by atoms with Gasteiger partial charge in [0.25, 0.3) is 17.4 Å². The van der Waals surface area contributed by atoms with Gasteiger partial charge in [-0.3, -0.25) is 9.59 Å². The molecular formula is C16H13N3O4. The van der Waals surface area contributed by atoms with Crippen LogP contribution in [0.2, 0.25) is 0 Å². The number of hydrogen-bond acceptors (Lipinski definition) is 5. The zero-order valence-corrected chi connectivity index (χ0v) is 12.2. The van der Waals surface area contributed by atoms with Crippen molar-refractivity contribution in [3.63, 3.8) is 0 Å². The molecule has 0 spiro atoms. The lowest BCUT2D eigenvalue weighted by Crippen LogP contribution is -2.52. The molecule has 0 bridgehead atoms. The number of para-hydroxylation sites is 1. The van der Waals surface area contributed by atoms with Gasteiger partial charge in [-0.15, -0.1) is 0 Å². The predicted octanol–water partition coefficient (Wildman–Crippen LogP) is 0.596. The first kappa shape index (κ1) is 14.7. The summed E-state index contributed by atoms with van der Waals surface area (Å²) in [6.07, 6.45) is 1.41. The van der Waals surface area contributed by atoms with E-state index in [1.807, 2.05) is 0 Å². The molecule has 0 saturated heterocycles. The summed E-state index contributed by atoms with van der Waals surface area (Å²) in [4.78, 5) is 42.1. The van der Waals surface area contributed by atoms with Crippen molar-refractivity contribution < 1.29 is 19.1 Å². The molecule has 1 aromatic heterocycles. The van der Waals surface area contributed by atoms with Crippen molar-refractivity contribution in [2.75, 3.05) is 11.9 Å². The molecule has 1 aliphatic heterocycles. The number of primary amides is 1. The summed E-state index contributed by atoms with van der Waals surface area (Å²) in [7, 11) is 1.49. The number of esters is 1. The van der Waals surface area contributed by atoms with Gasteiger partial charge in [-0.25, -0.2) is 9.78 Å². The van der Waals surface area contributed by atoms with Gasteiger partial charge in [0.15, 0.2) is 0 Å².